The minimum absolute atomic E-state index is 0.179. The third kappa shape index (κ3) is 4.37. The molecule has 0 aliphatic carbocycles. The summed E-state index contributed by atoms with van der Waals surface area (Å²) in [5, 5.41) is 4.06. The molecule has 0 aromatic heterocycles. The van der Waals surface area contributed by atoms with Crippen LogP contribution >= 0.6 is 23.4 Å². The first-order chi connectivity index (χ1) is 9.20. The quantitative estimate of drug-likeness (QED) is 0.847. The summed E-state index contributed by atoms with van der Waals surface area (Å²) < 4.78 is 13.9. The van der Waals surface area contributed by atoms with Crippen LogP contribution < -0.4 is 5.32 Å². The van der Waals surface area contributed by atoms with Crippen LogP contribution in [-0.4, -0.2) is 24.1 Å². The molecule has 0 amide bonds. The van der Waals surface area contributed by atoms with Gasteiger partial charge in [-0.25, -0.2) is 4.39 Å². The number of benzene rings is 1. The topological polar surface area (TPSA) is 12.0 Å². The summed E-state index contributed by atoms with van der Waals surface area (Å²) in [5.41, 5.74) is 0.773. The molecule has 0 spiro atoms. The number of rotatable bonds is 6. The Kier molecular flexibility index (Phi) is 5.99. The van der Waals surface area contributed by atoms with Crippen molar-refractivity contribution in [3.05, 3.63) is 34.6 Å². The van der Waals surface area contributed by atoms with Crippen molar-refractivity contribution in [2.45, 2.75) is 32.2 Å². The van der Waals surface area contributed by atoms with E-state index in [1.165, 1.54) is 24.0 Å². The molecule has 0 bridgehead atoms. The highest BCUT2D eigenvalue weighted by atomic mass is 35.5. The van der Waals surface area contributed by atoms with Gasteiger partial charge in [0.25, 0.3) is 0 Å². The maximum Gasteiger partial charge on any atom is 0.127 e. The Bertz CT molecular complexity index is 407. The zero-order valence-electron chi connectivity index (χ0n) is 11.3. The third-order valence-corrected chi connectivity index (χ3v) is 5.07. The molecule has 1 aliphatic heterocycles. The summed E-state index contributed by atoms with van der Waals surface area (Å²) in [6.07, 6.45) is 3.11. The zero-order chi connectivity index (χ0) is 13.7. The molecule has 4 heteroatoms. The van der Waals surface area contributed by atoms with Gasteiger partial charge in [0.2, 0.25) is 0 Å². The third-order valence-electron chi connectivity index (χ3n) is 3.65. The van der Waals surface area contributed by atoms with Gasteiger partial charge in [-0.05, 0) is 60.9 Å². The van der Waals surface area contributed by atoms with E-state index in [0.29, 0.717) is 17.0 Å². The summed E-state index contributed by atoms with van der Waals surface area (Å²) in [4.78, 5) is 0. The van der Waals surface area contributed by atoms with Crippen molar-refractivity contribution in [3.63, 3.8) is 0 Å². The van der Waals surface area contributed by atoms with Crippen LogP contribution in [0.25, 0.3) is 0 Å². The normalized spacial score (nSPS) is 20.7. The smallest absolute Gasteiger partial charge is 0.127 e. The van der Waals surface area contributed by atoms with E-state index in [-0.39, 0.29) is 5.82 Å². The van der Waals surface area contributed by atoms with Gasteiger partial charge in [-0.2, -0.15) is 11.8 Å². The van der Waals surface area contributed by atoms with Gasteiger partial charge >= 0.3 is 0 Å². The second-order valence-corrected chi connectivity index (χ2v) is 6.71. The van der Waals surface area contributed by atoms with E-state index in [1.54, 1.807) is 6.07 Å². The lowest BCUT2D eigenvalue weighted by molar-refractivity contribution is 0.376. The Morgan fingerprint density at radius 1 is 1.53 bits per heavy atom. The first-order valence-corrected chi connectivity index (χ1v) is 8.49. The van der Waals surface area contributed by atoms with Crippen LogP contribution in [0.1, 0.15) is 25.3 Å². The molecule has 0 saturated carbocycles. The lowest BCUT2D eigenvalue weighted by Gasteiger charge is -2.24. The van der Waals surface area contributed by atoms with Gasteiger partial charge in [-0.3, -0.25) is 0 Å². The first kappa shape index (κ1) is 15.1. The predicted octanol–water partition coefficient (Wildman–Crippen LogP) is 4.14. The van der Waals surface area contributed by atoms with Crippen LogP contribution in [0.3, 0.4) is 0 Å². The molecular formula is C15H21ClFNS. The lowest BCUT2D eigenvalue weighted by Crippen LogP contribution is -2.38. The number of nitrogens with one attached hydrogen (secondary N) is 1. The largest absolute Gasteiger partial charge is 0.313 e. The van der Waals surface area contributed by atoms with Gasteiger partial charge in [0.1, 0.15) is 5.82 Å². The van der Waals surface area contributed by atoms with Crippen LogP contribution in [0.4, 0.5) is 4.39 Å². The fourth-order valence-corrected chi connectivity index (χ4v) is 4.03. The number of thioether (sulfide) groups is 1. The first-order valence-electron chi connectivity index (χ1n) is 6.95. The number of halogens is 2. The Morgan fingerprint density at radius 3 is 3.00 bits per heavy atom. The number of hydrogen-bond donors (Lipinski definition) is 1. The maximum absolute atomic E-state index is 13.9. The standard InChI is InChI=1S/C15H21ClFNS/c1-2-6-18-15(12-5-7-19-10-12)8-11-3-4-13(16)9-14(11)17/h3-4,9,12,15,18H,2,5-8,10H2,1H3. The van der Waals surface area contributed by atoms with Crippen LogP contribution in [0.15, 0.2) is 18.2 Å². The summed E-state index contributed by atoms with van der Waals surface area (Å²) in [7, 11) is 0. The monoisotopic (exact) mass is 301 g/mol. The molecule has 1 aromatic carbocycles. The molecule has 1 aliphatic rings. The van der Waals surface area contributed by atoms with Crippen molar-refractivity contribution in [2.75, 3.05) is 18.1 Å². The summed E-state index contributed by atoms with van der Waals surface area (Å²) >= 11 is 7.81. The molecule has 1 fully saturated rings. The van der Waals surface area contributed by atoms with E-state index in [9.17, 15) is 4.39 Å². The van der Waals surface area contributed by atoms with Gasteiger partial charge in [0.15, 0.2) is 0 Å². The van der Waals surface area contributed by atoms with Gasteiger partial charge in [0.05, 0.1) is 0 Å². The molecule has 1 heterocycles. The van der Waals surface area contributed by atoms with Crippen molar-refractivity contribution in [2.24, 2.45) is 5.92 Å². The molecule has 1 nitrogen and oxygen atoms in total. The summed E-state index contributed by atoms with van der Waals surface area (Å²) in [6.45, 7) is 3.16. The zero-order valence-corrected chi connectivity index (χ0v) is 12.9. The molecule has 2 unspecified atom stereocenters. The van der Waals surface area contributed by atoms with E-state index >= 15 is 0 Å². The highest BCUT2D eigenvalue weighted by Gasteiger charge is 2.25. The van der Waals surface area contributed by atoms with E-state index in [2.05, 4.69) is 12.2 Å². The molecule has 0 radical (unpaired) electrons. The Balaban J connectivity index is 2.05. The van der Waals surface area contributed by atoms with Gasteiger partial charge in [-0.15, -0.1) is 0 Å². The SMILES string of the molecule is CCCNC(Cc1ccc(Cl)cc1F)C1CCSC1. The van der Waals surface area contributed by atoms with Gasteiger partial charge in [-0.1, -0.05) is 24.6 Å². The Hall–Kier alpha value is -0.250. The highest BCUT2D eigenvalue weighted by Crippen LogP contribution is 2.28. The minimum atomic E-state index is -0.179. The second kappa shape index (κ2) is 7.51. The fourth-order valence-electron chi connectivity index (χ4n) is 2.53. The van der Waals surface area contributed by atoms with Crippen LogP contribution in [0.2, 0.25) is 5.02 Å². The van der Waals surface area contributed by atoms with E-state index in [0.717, 1.165) is 24.9 Å². The fraction of sp³-hybridized carbons (Fsp3) is 0.600. The van der Waals surface area contributed by atoms with E-state index < -0.39 is 0 Å². The molecular weight excluding hydrogens is 281 g/mol. The average Bonchev–Trinajstić information content (AvgIpc) is 2.90. The molecule has 19 heavy (non-hydrogen) atoms. The molecule has 106 valence electrons. The van der Waals surface area contributed by atoms with Crippen LogP contribution in [-0.2, 0) is 6.42 Å². The summed E-state index contributed by atoms with van der Waals surface area (Å²) in [6, 6.07) is 5.39. The highest BCUT2D eigenvalue weighted by molar-refractivity contribution is 7.99. The second-order valence-electron chi connectivity index (χ2n) is 5.12. The maximum atomic E-state index is 13.9. The summed E-state index contributed by atoms with van der Waals surface area (Å²) in [5.74, 6) is 2.90. The van der Waals surface area contributed by atoms with Crippen molar-refractivity contribution < 1.29 is 4.39 Å². The molecule has 2 rings (SSSR count). The van der Waals surface area contributed by atoms with Crippen LogP contribution in [0.5, 0.6) is 0 Å². The van der Waals surface area contributed by atoms with Crippen molar-refractivity contribution in [1.29, 1.82) is 0 Å². The van der Waals surface area contributed by atoms with Gasteiger partial charge < -0.3 is 5.32 Å². The Labute approximate surface area is 124 Å². The molecule has 1 N–H and O–H groups in total. The number of hydrogen-bond acceptors (Lipinski definition) is 2. The van der Waals surface area contributed by atoms with Crippen LogP contribution in [0, 0.1) is 11.7 Å². The van der Waals surface area contributed by atoms with E-state index in [4.69, 9.17) is 11.6 Å². The Morgan fingerprint density at radius 2 is 2.37 bits per heavy atom. The predicted molar refractivity (Wildman–Crippen MR) is 82.6 cm³/mol. The average molecular weight is 302 g/mol. The van der Waals surface area contributed by atoms with Gasteiger partial charge in [0, 0.05) is 11.1 Å². The van der Waals surface area contributed by atoms with E-state index in [1.807, 2.05) is 17.8 Å². The lowest BCUT2D eigenvalue weighted by atomic mass is 9.92. The van der Waals surface area contributed by atoms with Crippen molar-refractivity contribution in [1.82, 2.24) is 5.32 Å². The molecule has 1 aromatic rings. The van der Waals surface area contributed by atoms with Crippen molar-refractivity contribution in [3.8, 4) is 0 Å². The molecule has 1 saturated heterocycles. The minimum Gasteiger partial charge on any atom is -0.313 e. The molecule has 2 atom stereocenters. The van der Waals surface area contributed by atoms with Crippen molar-refractivity contribution >= 4 is 23.4 Å².